The molecule has 1 aromatic rings. The van der Waals surface area contributed by atoms with E-state index in [0.717, 1.165) is 19.4 Å². The summed E-state index contributed by atoms with van der Waals surface area (Å²) in [5.41, 5.74) is 0.238. The fourth-order valence-electron chi connectivity index (χ4n) is 3.33. The summed E-state index contributed by atoms with van der Waals surface area (Å²) in [6, 6.07) is 5.18. The third-order valence-corrected chi connectivity index (χ3v) is 6.14. The molecule has 120 valence electrons. The normalized spacial score (nSPS) is 18.3. The van der Waals surface area contributed by atoms with Crippen LogP contribution in [-0.2, 0) is 12.8 Å². The van der Waals surface area contributed by atoms with Gasteiger partial charge >= 0.3 is 0 Å². The van der Waals surface area contributed by atoms with E-state index in [0.29, 0.717) is 6.04 Å². The van der Waals surface area contributed by atoms with Crippen LogP contribution in [0.4, 0.5) is 0 Å². The Morgan fingerprint density at radius 1 is 1.19 bits per heavy atom. The van der Waals surface area contributed by atoms with Crippen molar-refractivity contribution in [3.05, 3.63) is 21.9 Å². The van der Waals surface area contributed by atoms with Gasteiger partial charge in [0.05, 0.1) is 0 Å². The van der Waals surface area contributed by atoms with Crippen molar-refractivity contribution in [3.8, 4) is 0 Å². The Kier molecular flexibility index (Phi) is 6.27. The van der Waals surface area contributed by atoms with Gasteiger partial charge in [0.1, 0.15) is 0 Å². The van der Waals surface area contributed by atoms with Crippen LogP contribution < -0.4 is 5.32 Å². The quantitative estimate of drug-likeness (QED) is 0.778. The van der Waals surface area contributed by atoms with Crippen LogP contribution in [0.5, 0.6) is 0 Å². The van der Waals surface area contributed by atoms with Gasteiger partial charge in [-0.3, -0.25) is 4.90 Å². The molecule has 1 N–H and O–H groups in total. The zero-order valence-electron chi connectivity index (χ0n) is 14.2. The average Bonchev–Trinajstić information content (AvgIpc) is 3.14. The van der Waals surface area contributed by atoms with Crippen LogP contribution in [0.3, 0.4) is 0 Å². The maximum atomic E-state index is 3.83. The van der Waals surface area contributed by atoms with Crippen molar-refractivity contribution in [1.82, 2.24) is 10.2 Å². The van der Waals surface area contributed by atoms with E-state index in [9.17, 15) is 0 Å². The minimum atomic E-state index is 0.238. The number of nitrogens with one attached hydrogen (secondary N) is 1. The molecule has 0 amide bonds. The smallest absolute Gasteiger partial charge is 0.0309 e. The fraction of sp³-hybridized carbons (Fsp3) is 0.778. The Balaban J connectivity index is 2.08. The Labute approximate surface area is 134 Å². The molecule has 2 heterocycles. The van der Waals surface area contributed by atoms with Crippen molar-refractivity contribution in [2.45, 2.75) is 71.4 Å². The van der Waals surface area contributed by atoms with E-state index in [4.69, 9.17) is 0 Å². The monoisotopic (exact) mass is 308 g/mol. The molecule has 1 atom stereocenters. The second-order valence-electron chi connectivity index (χ2n) is 6.78. The highest BCUT2D eigenvalue weighted by atomic mass is 32.1. The highest BCUT2D eigenvalue weighted by Gasteiger charge is 2.36. The molecule has 1 unspecified atom stereocenters. The summed E-state index contributed by atoms with van der Waals surface area (Å²) in [6.07, 6.45) is 6.25. The number of aryl methyl sites for hydroxylation is 1. The predicted molar refractivity (Wildman–Crippen MR) is 94.4 cm³/mol. The maximum Gasteiger partial charge on any atom is 0.0309 e. The Hall–Kier alpha value is -0.380. The maximum absolute atomic E-state index is 3.83. The van der Waals surface area contributed by atoms with Gasteiger partial charge in [-0.1, -0.05) is 13.8 Å². The number of nitrogens with zero attached hydrogens (tertiary/aromatic N) is 1. The number of rotatable bonds is 8. The average molecular weight is 309 g/mol. The van der Waals surface area contributed by atoms with Gasteiger partial charge in [-0.25, -0.2) is 0 Å². The minimum absolute atomic E-state index is 0.238. The van der Waals surface area contributed by atoms with Crippen molar-refractivity contribution in [3.63, 3.8) is 0 Å². The fourth-order valence-corrected chi connectivity index (χ4v) is 4.33. The first-order chi connectivity index (χ1) is 10.1. The molecule has 0 radical (unpaired) electrons. The highest BCUT2D eigenvalue weighted by Crippen LogP contribution is 2.28. The number of hydrogen-bond donors (Lipinski definition) is 1. The lowest BCUT2D eigenvalue weighted by atomic mass is 9.89. The molecule has 1 saturated heterocycles. The number of likely N-dealkylation sites (tertiary alicyclic amines) is 1. The van der Waals surface area contributed by atoms with Crippen LogP contribution in [-0.4, -0.2) is 36.1 Å². The van der Waals surface area contributed by atoms with Gasteiger partial charge in [0.2, 0.25) is 0 Å². The zero-order valence-corrected chi connectivity index (χ0v) is 15.1. The van der Waals surface area contributed by atoms with Gasteiger partial charge < -0.3 is 5.32 Å². The molecule has 0 bridgehead atoms. The van der Waals surface area contributed by atoms with Crippen molar-refractivity contribution >= 4 is 11.3 Å². The second-order valence-corrected chi connectivity index (χ2v) is 8.03. The first-order valence-electron chi connectivity index (χ1n) is 8.64. The van der Waals surface area contributed by atoms with Crippen LogP contribution in [0.15, 0.2) is 12.1 Å². The van der Waals surface area contributed by atoms with E-state index in [2.05, 4.69) is 50.0 Å². The molecule has 1 aromatic heterocycles. The van der Waals surface area contributed by atoms with Crippen molar-refractivity contribution in [1.29, 1.82) is 0 Å². The highest BCUT2D eigenvalue weighted by molar-refractivity contribution is 7.11. The van der Waals surface area contributed by atoms with Crippen molar-refractivity contribution in [2.24, 2.45) is 0 Å². The molecule has 0 aromatic carbocycles. The van der Waals surface area contributed by atoms with E-state index in [1.165, 1.54) is 42.1 Å². The van der Waals surface area contributed by atoms with Crippen LogP contribution >= 0.6 is 11.3 Å². The molecule has 1 fully saturated rings. The van der Waals surface area contributed by atoms with Gasteiger partial charge in [0.25, 0.3) is 0 Å². The summed E-state index contributed by atoms with van der Waals surface area (Å²) in [4.78, 5) is 5.74. The van der Waals surface area contributed by atoms with Crippen molar-refractivity contribution < 1.29 is 0 Å². The van der Waals surface area contributed by atoms with Gasteiger partial charge in [0, 0.05) is 21.3 Å². The van der Waals surface area contributed by atoms with Crippen LogP contribution in [0.25, 0.3) is 0 Å². The molecule has 2 rings (SSSR count). The van der Waals surface area contributed by atoms with Crippen LogP contribution in [0.2, 0.25) is 0 Å². The molecule has 21 heavy (non-hydrogen) atoms. The summed E-state index contributed by atoms with van der Waals surface area (Å²) >= 11 is 1.99. The summed E-state index contributed by atoms with van der Waals surface area (Å²) < 4.78 is 0. The van der Waals surface area contributed by atoms with Gasteiger partial charge in [-0.05, 0) is 77.7 Å². The Bertz CT molecular complexity index is 419. The van der Waals surface area contributed by atoms with Gasteiger partial charge in [-0.15, -0.1) is 11.3 Å². The molecule has 2 nitrogen and oxygen atoms in total. The topological polar surface area (TPSA) is 15.3 Å². The van der Waals surface area contributed by atoms with Gasteiger partial charge in [0.15, 0.2) is 0 Å². The first-order valence-corrected chi connectivity index (χ1v) is 9.45. The summed E-state index contributed by atoms with van der Waals surface area (Å²) in [7, 11) is 0. The summed E-state index contributed by atoms with van der Waals surface area (Å²) in [5, 5.41) is 3.83. The molecular formula is C18H32N2S. The molecule has 1 aliphatic heterocycles. The molecule has 0 aliphatic carbocycles. The Morgan fingerprint density at radius 2 is 1.86 bits per heavy atom. The SMILES string of the molecule is CCCNC(Cc1ccc(CC)s1)C(C)(C)N1CCCC1. The Morgan fingerprint density at radius 3 is 2.43 bits per heavy atom. The minimum Gasteiger partial charge on any atom is -0.312 e. The van der Waals surface area contributed by atoms with Crippen LogP contribution in [0, 0.1) is 0 Å². The van der Waals surface area contributed by atoms with E-state index >= 15 is 0 Å². The lowest BCUT2D eigenvalue weighted by Crippen LogP contribution is -2.57. The number of hydrogen-bond acceptors (Lipinski definition) is 3. The van der Waals surface area contributed by atoms with Crippen molar-refractivity contribution in [2.75, 3.05) is 19.6 Å². The van der Waals surface area contributed by atoms with E-state index < -0.39 is 0 Å². The molecule has 0 saturated carbocycles. The van der Waals surface area contributed by atoms with E-state index in [1.807, 2.05) is 11.3 Å². The summed E-state index contributed by atoms with van der Waals surface area (Å²) in [6.45, 7) is 13.0. The molecular weight excluding hydrogens is 276 g/mol. The van der Waals surface area contributed by atoms with Crippen LogP contribution in [0.1, 0.15) is 56.7 Å². The molecule has 0 spiro atoms. The zero-order chi connectivity index (χ0) is 15.3. The lowest BCUT2D eigenvalue weighted by molar-refractivity contribution is 0.107. The second kappa shape index (κ2) is 7.75. The predicted octanol–water partition coefficient (Wildman–Crippen LogP) is 4.10. The molecule has 3 heteroatoms. The largest absolute Gasteiger partial charge is 0.312 e. The third kappa shape index (κ3) is 4.30. The lowest BCUT2D eigenvalue weighted by Gasteiger charge is -2.42. The van der Waals surface area contributed by atoms with Gasteiger partial charge in [-0.2, -0.15) is 0 Å². The standard InChI is InChI=1S/C18H32N2S/c1-5-11-19-17(14-16-10-9-15(6-2)21-16)18(3,4)20-12-7-8-13-20/h9-10,17,19H,5-8,11-14H2,1-4H3. The molecule has 1 aliphatic rings. The van der Waals surface area contributed by atoms with E-state index in [1.54, 1.807) is 0 Å². The third-order valence-electron chi connectivity index (χ3n) is 4.89. The summed E-state index contributed by atoms with van der Waals surface area (Å²) in [5.74, 6) is 0. The number of thiophene rings is 1. The first kappa shape index (κ1) is 17.0. The van der Waals surface area contributed by atoms with E-state index in [-0.39, 0.29) is 5.54 Å².